The molecule has 1 aliphatic carbocycles. The topological polar surface area (TPSA) is 49.7 Å². The third-order valence-corrected chi connectivity index (χ3v) is 3.88. The summed E-state index contributed by atoms with van der Waals surface area (Å²) in [6.45, 7) is 3.73. The first kappa shape index (κ1) is 14.4. The standard InChI is InChI=1S/C16H24O3/c1-11-10-13(12(2)17)8-9-15(11)19-16-7-5-3-4-6-14(16)18/h8-10,12,14,16-18H,3-7H2,1-2H3/t12-,14?,16?/m1/s1. The van der Waals surface area contributed by atoms with Gasteiger partial charge in [-0.05, 0) is 56.4 Å². The van der Waals surface area contributed by atoms with Crippen molar-refractivity contribution >= 4 is 0 Å². The van der Waals surface area contributed by atoms with Gasteiger partial charge in [-0.1, -0.05) is 18.9 Å². The average Bonchev–Trinajstić information content (AvgIpc) is 2.57. The van der Waals surface area contributed by atoms with Crippen LogP contribution in [0.2, 0.25) is 0 Å². The molecule has 3 heteroatoms. The monoisotopic (exact) mass is 264 g/mol. The number of benzene rings is 1. The molecule has 2 rings (SSSR count). The Balaban J connectivity index is 2.09. The molecule has 0 heterocycles. The minimum Gasteiger partial charge on any atom is -0.487 e. The number of hydrogen-bond donors (Lipinski definition) is 2. The molecule has 1 aromatic rings. The van der Waals surface area contributed by atoms with Gasteiger partial charge in [-0.25, -0.2) is 0 Å². The molecule has 1 saturated carbocycles. The first-order valence-corrected chi connectivity index (χ1v) is 7.21. The Bertz CT molecular complexity index is 414. The molecule has 1 aliphatic rings. The first-order chi connectivity index (χ1) is 9.08. The van der Waals surface area contributed by atoms with Gasteiger partial charge in [0.25, 0.3) is 0 Å². The van der Waals surface area contributed by atoms with E-state index in [9.17, 15) is 10.2 Å². The summed E-state index contributed by atoms with van der Waals surface area (Å²) in [6.07, 6.45) is 4.20. The summed E-state index contributed by atoms with van der Waals surface area (Å²) in [6, 6.07) is 5.73. The van der Waals surface area contributed by atoms with Crippen LogP contribution in [0.1, 0.15) is 56.3 Å². The highest BCUT2D eigenvalue weighted by atomic mass is 16.5. The molecule has 2 N–H and O–H groups in total. The van der Waals surface area contributed by atoms with Crippen molar-refractivity contribution in [3.8, 4) is 5.75 Å². The lowest BCUT2D eigenvalue weighted by molar-refractivity contribution is 0.0315. The highest BCUT2D eigenvalue weighted by molar-refractivity contribution is 5.37. The number of hydrogen-bond acceptors (Lipinski definition) is 3. The molecular formula is C16H24O3. The lowest BCUT2D eigenvalue weighted by Gasteiger charge is -2.23. The van der Waals surface area contributed by atoms with E-state index >= 15 is 0 Å². The lowest BCUT2D eigenvalue weighted by Crippen LogP contribution is -2.30. The second kappa shape index (κ2) is 6.40. The average molecular weight is 264 g/mol. The molecule has 106 valence electrons. The maximum absolute atomic E-state index is 10.1. The molecule has 0 amide bonds. The molecule has 0 spiro atoms. The van der Waals surface area contributed by atoms with Crippen LogP contribution in [0.4, 0.5) is 0 Å². The predicted molar refractivity (Wildman–Crippen MR) is 75.3 cm³/mol. The molecule has 1 fully saturated rings. The molecule has 2 unspecified atom stereocenters. The van der Waals surface area contributed by atoms with Crippen molar-refractivity contribution in [2.45, 2.75) is 64.3 Å². The number of aryl methyl sites for hydroxylation is 1. The van der Waals surface area contributed by atoms with Gasteiger partial charge in [0.1, 0.15) is 11.9 Å². The number of aliphatic hydroxyl groups is 2. The zero-order chi connectivity index (χ0) is 13.8. The van der Waals surface area contributed by atoms with E-state index in [1.54, 1.807) is 6.92 Å². The van der Waals surface area contributed by atoms with Crippen LogP contribution in [0.25, 0.3) is 0 Å². The molecule has 0 bridgehead atoms. The zero-order valence-electron chi connectivity index (χ0n) is 11.8. The van der Waals surface area contributed by atoms with Gasteiger partial charge in [0, 0.05) is 0 Å². The first-order valence-electron chi connectivity index (χ1n) is 7.21. The van der Waals surface area contributed by atoms with E-state index in [0.717, 1.165) is 42.6 Å². The smallest absolute Gasteiger partial charge is 0.124 e. The molecule has 19 heavy (non-hydrogen) atoms. The van der Waals surface area contributed by atoms with Gasteiger partial charge in [-0.3, -0.25) is 0 Å². The van der Waals surface area contributed by atoms with Crippen molar-refractivity contribution in [2.75, 3.05) is 0 Å². The molecule has 0 radical (unpaired) electrons. The van der Waals surface area contributed by atoms with Gasteiger partial charge in [-0.2, -0.15) is 0 Å². The van der Waals surface area contributed by atoms with Gasteiger partial charge >= 0.3 is 0 Å². The fourth-order valence-corrected chi connectivity index (χ4v) is 2.62. The van der Waals surface area contributed by atoms with Crippen LogP contribution in [-0.4, -0.2) is 22.4 Å². The summed E-state index contributed by atoms with van der Waals surface area (Å²) in [5, 5.41) is 19.6. The second-order valence-electron chi connectivity index (χ2n) is 5.56. The molecule has 0 aromatic heterocycles. The van der Waals surface area contributed by atoms with Crippen molar-refractivity contribution in [3.05, 3.63) is 29.3 Å². The number of aliphatic hydroxyl groups excluding tert-OH is 2. The molecule has 3 atom stereocenters. The van der Waals surface area contributed by atoms with E-state index in [0.29, 0.717) is 0 Å². The lowest BCUT2D eigenvalue weighted by atomic mass is 10.1. The van der Waals surface area contributed by atoms with Crippen molar-refractivity contribution in [1.29, 1.82) is 0 Å². The number of ether oxygens (including phenoxy) is 1. The van der Waals surface area contributed by atoms with Crippen LogP contribution in [0, 0.1) is 6.92 Å². The summed E-state index contributed by atoms with van der Waals surface area (Å²) in [4.78, 5) is 0. The molecule has 1 aromatic carbocycles. The van der Waals surface area contributed by atoms with E-state index < -0.39 is 6.10 Å². The predicted octanol–water partition coefficient (Wildman–Crippen LogP) is 3.12. The van der Waals surface area contributed by atoms with E-state index in [1.165, 1.54) is 6.42 Å². The third kappa shape index (κ3) is 3.71. The van der Waals surface area contributed by atoms with Gasteiger partial charge in [-0.15, -0.1) is 0 Å². The van der Waals surface area contributed by atoms with Crippen molar-refractivity contribution < 1.29 is 14.9 Å². The van der Waals surface area contributed by atoms with Gasteiger partial charge in [0.2, 0.25) is 0 Å². The van der Waals surface area contributed by atoms with Crippen LogP contribution in [0.5, 0.6) is 5.75 Å². The Hall–Kier alpha value is -1.06. The molecule has 0 saturated heterocycles. The minimum atomic E-state index is -0.462. The highest BCUT2D eigenvalue weighted by Crippen LogP contribution is 2.27. The summed E-state index contributed by atoms with van der Waals surface area (Å²) >= 11 is 0. The molecule has 3 nitrogen and oxygen atoms in total. The van der Waals surface area contributed by atoms with Gasteiger partial charge < -0.3 is 14.9 Å². The van der Waals surface area contributed by atoms with Gasteiger partial charge in [0.15, 0.2) is 0 Å². The van der Waals surface area contributed by atoms with Crippen LogP contribution in [0.3, 0.4) is 0 Å². The normalized spacial score (nSPS) is 25.7. The fraction of sp³-hybridized carbons (Fsp3) is 0.625. The van der Waals surface area contributed by atoms with E-state index in [-0.39, 0.29) is 12.2 Å². The van der Waals surface area contributed by atoms with Crippen molar-refractivity contribution in [1.82, 2.24) is 0 Å². The Morgan fingerprint density at radius 2 is 1.95 bits per heavy atom. The summed E-state index contributed by atoms with van der Waals surface area (Å²) < 4.78 is 5.98. The Morgan fingerprint density at radius 3 is 2.63 bits per heavy atom. The fourth-order valence-electron chi connectivity index (χ4n) is 2.62. The summed E-state index contributed by atoms with van der Waals surface area (Å²) in [5.41, 5.74) is 1.90. The Labute approximate surface area is 115 Å². The third-order valence-electron chi connectivity index (χ3n) is 3.88. The quantitative estimate of drug-likeness (QED) is 0.825. The highest BCUT2D eigenvalue weighted by Gasteiger charge is 2.23. The van der Waals surface area contributed by atoms with Crippen molar-refractivity contribution in [2.24, 2.45) is 0 Å². The van der Waals surface area contributed by atoms with Crippen LogP contribution >= 0.6 is 0 Å². The van der Waals surface area contributed by atoms with Crippen LogP contribution in [-0.2, 0) is 0 Å². The SMILES string of the molecule is Cc1cc([C@@H](C)O)ccc1OC1CCCCCC1O. The van der Waals surface area contributed by atoms with E-state index in [4.69, 9.17) is 4.74 Å². The van der Waals surface area contributed by atoms with Crippen molar-refractivity contribution in [3.63, 3.8) is 0 Å². The van der Waals surface area contributed by atoms with Crippen LogP contribution in [0.15, 0.2) is 18.2 Å². The maximum Gasteiger partial charge on any atom is 0.124 e. The van der Waals surface area contributed by atoms with E-state index in [2.05, 4.69) is 0 Å². The Kier molecular flexibility index (Phi) is 4.83. The summed E-state index contributed by atoms with van der Waals surface area (Å²) in [7, 11) is 0. The molecule has 0 aliphatic heterocycles. The number of rotatable bonds is 3. The summed E-state index contributed by atoms with van der Waals surface area (Å²) in [5.74, 6) is 0.815. The molecular weight excluding hydrogens is 240 g/mol. The van der Waals surface area contributed by atoms with Crippen LogP contribution < -0.4 is 4.74 Å². The maximum atomic E-state index is 10.1. The Morgan fingerprint density at radius 1 is 1.21 bits per heavy atom. The second-order valence-corrected chi connectivity index (χ2v) is 5.56. The minimum absolute atomic E-state index is 0.0985. The zero-order valence-corrected chi connectivity index (χ0v) is 11.8. The van der Waals surface area contributed by atoms with Gasteiger partial charge in [0.05, 0.1) is 12.2 Å². The van der Waals surface area contributed by atoms with E-state index in [1.807, 2.05) is 25.1 Å². The largest absolute Gasteiger partial charge is 0.487 e.